The number of hydrogen-bond acceptors (Lipinski definition) is 2. The highest BCUT2D eigenvalue weighted by Gasteiger charge is 2.14. The smallest absolute Gasteiger partial charge is 0.339 e. The molecule has 64 valence electrons. The Hall–Kier alpha value is -1.10. The highest BCUT2D eigenvalue weighted by Crippen LogP contribution is 2.29. The number of halogens is 2. The van der Waals surface area contributed by atoms with Gasteiger partial charge in [0.15, 0.2) is 0 Å². The molecular formula is C7H4BrFO3. The van der Waals surface area contributed by atoms with Gasteiger partial charge in [-0.3, -0.25) is 4.94 Å². The van der Waals surface area contributed by atoms with E-state index in [1.807, 2.05) is 0 Å². The second-order valence-corrected chi connectivity index (χ2v) is 2.85. The quantitative estimate of drug-likeness (QED) is 0.855. The molecule has 0 spiro atoms. The lowest BCUT2D eigenvalue weighted by atomic mass is 10.2. The number of para-hydroxylation sites is 1. The Morgan fingerprint density at radius 1 is 1.58 bits per heavy atom. The summed E-state index contributed by atoms with van der Waals surface area (Å²) in [6, 6.07) is 4.22. The summed E-state index contributed by atoms with van der Waals surface area (Å²) < 4.78 is 12.1. The summed E-state index contributed by atoms with van der Waals surface area (Å²) in [6.07, 6.45) is 0. The number of carboxylic acid groups (broad SMARTS) is 1. The van der Waals surface area contributed by atoms with Crippen LogP contribution >= 0.6 is 15.9 Å². The minimum atomic E-state index is -1.23. The predicted molar refractivity (Wildman–Crippen MR) is 42.8 cm³/mol. The minimum absolute atomic E-state index is 0.216. The number of hydrogen-bond donors (Lipinski definition) is 1. The van der Waals surface area contributed by atoms with Gasteiger partial charge < -0.3 is 5.11 Å². The summed E-state index contributed by atoms with van der Waals surface area (Å²) in [4.78, 5) is 13.9. The number of aromatic carboxylic acids is 1. The van der Waals surface area contributed by atoms with Crippen molar-refractivity contribution in [3.05, 3.63) is 28.2 Å². The van der Waals surface area contributed by atoms with Gasteiger partial charge in [-0.1, -0.05) is 6.07 Å². The Bertz CT molecular complexity index is 314. The van der Waals surface area contributed by atoms with Crippen molar-refractivity contribution in [2.75, 3.05) is 0 Å². The van der Waals surface area contributed by atoms with Crippen LogP contribution in [0.4, 0.5) is 4.53 Å². The molecule has 0 aliphatic carbocycles. The standard InChI is InChI=1S/C7H4BrFO3/c8-5-3-1-2-4(7(10)11)6(5)12-9/h1-3H,(H,10,11). The van der Waals surface area contributed by atoms with Gasteiger partial charge in [0.05, 0.1) is 4.47 Å². The van der Waals surface area contributed by atoms with Crippen molar-refractivity contribution in [1.82, 2.24) is 0 Å². The molecule has 1 rings (SSSR count). The van der Waals surface area contributed by atoms with Crippen LogP contribution in [0.5, 0.6) is 5.75 Å². The summed E-state index contributed by atoms with van der Waals surface area (Å²) in [6.45, 7) is 0. The molecule has 3 nitrogen and oxygen atoms in total. The fourth-order valence-corrected chi connectivity index (χ4v) is 1.18. The van der Waals surface area contributed by atoms with Crippen LogP contribution in [-0.2, 0) is 0 Å². The molecule has 1 N–H and O–H groups in total. The number of rotatable bonds is 2. The molecule has 0 atom stereocenters. The largest absolute Gasteiger partial charge is 0.478 e. The summed E-state index contributed by atoms with van der Waals surface area (Å²) in [5.41, 5.74) is -0.216. The first-order valence-corrected chi connectivity index (χ1v) is 3.76. The lowest BCUT2D eigenvalue weighted by Crippen LogP contribution is -1.98. The van der Waals surface area contributed by atoms with Crippen molar-refractivity contribution in [1.29, 1.82) is 0 Å². The van der Waals surface area contributed by atoms with E-state index >= 15 is 0 Å². The maximum absolute atomic E-state index is 11.8. The van der Waals surface area contributed by atoms with E-state index < -0.39 is 5.97 Å². The first-order valence-electron chi connectivity index (χ1n) is 2.97. The van der Waals surface area contributed by atoms with Crippen LogP contribution in [0, 0.1) is 0 Å². The third-order valence-corrected chi connectivity index (χ3v) is 1.90. The maximum Gasteiger partial charge on any atom is 0.339 e. The summed E-state index contributed by atoms with van der Waals surface area (Å²) in [5.74, 6) is -1.55. The molecule has 0 saturated heterocycles. The van der Waals surface area contributed by atoms with Crippen molar-refractivity contribution in [2.24, 2.45) is 0 Å². The molecule has 1 aromatic carbocycles. The normalized spacial score (nSPS) is 9.50. The van der Waals surface area contributed by atoms with Gasteiger partial charge >= 0.3 is 5.97 Å². The topological polar surface area (TPSA) is 46.5 Å². The van der Waals surface area contributed by atoms with Crippen molar-refractivity contribution in [2.45, 2.75) is 0 Å². The van der Waals surface area contributed by atoms with E-state index in [0.29, 0.717) is 0 Å². The van der Waals surface area contributed by atoms with Gasteiger partial charge in [0.25, 0.3) is 0 Å². The van der Waals surface area contributed by atoms with Gasteiger partial charge in [0, 0.05) is 4.53 Å². The first kappa shape index (κ1) is 8.99. The zero-order chi connectivity index (χ0) is 9.14. The van der Waals surface area contributed by atoms with E-state index in [1.165, 1.54) is 18.2 Å². The number of carboxylic acids is 1. The Balaban J connectivity index is 3.27. The molecule has 0 saturated carbocycles. The molecule has 5 heteroatoms. The van der Waals surface area contributed by atoms with E-state index in [0.717, 1.165) is 0 Å². The summed E-state index contributed by atoms with van der Waals surface area (Å²) in [7, 11) is 0. The molecule has 0 radical (unpaired) electrons. The third kappa shape index (κ3) is 1.55. The van der Waals surface area contributed by atoms with Crippen LogP contribution < -0.4 is 4.94 Å². The van der Waals surface area contributed by atoms with Crippen LogP contribution in [-0.4, -0.2) is 11.1 Å². The maximum atomic E-state index is 11.8. The van der Waals surface area contributed by atoms with Crippen molar-refractivity contribution < 1.29 is 19.4 Å². The lowest BCUT2D eigenvalue weighted by molar-refractivity contribution is -0.00875. The van der Waals surface area contributed by atoms with Crippen molar-refractivity contribution in [3.63, 3.8) is 0 Å². The van der Waals surface area contributed by atoms with Gasteiger partial charge in [-0.2, -0.15) is 0 Å². The fraction of sp³-hybridized carbons (Fsp3) is 0. The molecule has 0 fully saturated rings. The molecule has 0 unspecified atom stereocenters. The Morgan fingerprint density at radius 2 is 2.25 bits per heavy atom. The van der Waals surface area contributed by atoms with Gasteiger partial charge in [-0.15, -0.1) is 0 Å². The average Bonchev–Trinajstić information content (AvgIpc) is 2.03. The lowest BCUT2D eigenvalue weighted by Gasteiger charge is -2.01. The molecule has 0 amide bonds. The van der Waals surface area contributed by atoms with Crippen LogP contribution in [0.3, 0.4) is 0 Å². The highest BCUT2D eigenvalue weighted by atomic mass is 79.9. The van der Waals surface area contributed by atoms with Gasteiger partial charge in [0.1, 0.15) is 5.56 Å². The molecular weight excluding hydrogens is 231 g/mol. The Kier molecular flexibility index (Phi) is 2.65. The molecule has 0 bridgehead atoms. The fourth-order valence-electron chi connectivity index (χ4n) is 0.756. The van der Waals surface area contributed by atoms with E-state index in [9.17, 15) is 9.32 Å². The van der Waals surface area contributed by atoms with E-state index in [-0.39, 0.29) is 15.8 Å². The van der Waals surface area contributed by atoms with Gasteiger partial charge in [0.2, 0.25) is 5.75 Å². The molecule has 0 aliphatic heterocycles. The minimum Gasteiger partial charge on any atom is -0.478 e. The van der Waals surface area contributed by atoms with Crippen molar-refractivity contribution >= 4 is 21.9 Å². The summed E-state index contributed by atoms with van der Waals surface area (Å²) >= 11 is 2.95. The van der Waals surface area contributed by atoms with Crippen molar-refractivity contribution in [3.8, 4) is 5.75 Å². The monoisotopic (exact) mass is 234 g/mol. The predicted octanol–water partition coefficient (Wildman–Crippen LogP) is 2.41. The zero-order valence-corrected chi connectivity index (χ0v) is 7.34. The average molecular weight is 235 g/mol. The molecule has 12 heavy (non-hydrogen) atoms. The Morgan fingerprint density at radius 3 is 2.67 bits per heavy atom. The molecule has 0 heterocycles. The van der Waals surface area contributed by atoms with E-state index in [4.69, 9.17) is 5.11 Å². The third-order valence-electron chi connectivity index (χ3n) is 1.27. The van der Waals surface area contributed by atoms with Crippen LogP contribution in [0.1, 0.15) is 10.4 Å². The summed E-state index contributed by atoms with van der Waals surface area (Å²) in [5, 5.41) is 8.55. The Labute approximate surface area is 75.8 Å². The molecule has 0 aliphatic rings. The zero-order valence-electron chi connectivity index (χ0n) is 5.75. The number of benzene rings is 1. The van der Waals surface area contributed by atoms with Gasteiger partial charge in [-0.05, 0) is 28.1 Å². The molecule has 1 aromatic rings. The van der Waals surface area contributed by atoms with E-state index in [2.05, 4.69) is 20.9 Å². The number of carbonyl (C=O) groups is 1. The molecule has 0 aromatic heterocycles. The van der Waals surface area contributed by atoms with Crippen LogP contribution in [0.15, 0.2) is 22.7 Å². The SMILES string of the molecule is O=C(O)c1cccc(Br)c1OF. The van der Waals surface area contributed by atoms with Crippen LogP contribution in [0.2, 0.25) is 0 Å². The first-order chi connectivity index (χ1) is 5.66. The van der Waals surface area contributed by atoms with E-state index in [1.54, 1.807) is 0 Å². The second kappa shape index (κ2) is 3.53. The highest BCUT2D eigenvalue weighted by molar-refractivity contribution is 9.10. The van der Waals surface area contributed by atoms with Crippen LogP contribution in [0.25, 0.3) is 0 Å². The second-order valence-electron chi connectivity index (χ2n) is 2.00. The van der Waals surface area contributed by atoms with Gasteiger partial charge in [-0.25, -0.2) is 4.79 Å².